The molecule has 1 atom stereocenters. The molecule has 1 aromatic rings. The zero-order chi connectivity index (χ0) is 17.1. The Morgan fingerprint density at radius 1 is 1.33 bits per heavy atom. The Morgan fingerprint density at radius 3 is 2.83 bits per heavy atom. The Bertz CT molecular complexity index is 681. The van der Waals surface area contributed by atoms with E-state index in [1.165, 1.54) is 24.6 Å². The van der Waals surface area contributed by atoms with Gasteiger partial charge in [-0.15, -0.1) is 0 Å². The van der Waals surface area contributed by atoms with E-state index in [0.29, 0.717) is 11.2 Å². The lowest BCUT2D eigenvalue weighted by Gasteiger charge is -2.10. The van der Waals surface area contributed by atoms with Crippen LogP contribution < -0.4 is 10.6 Å². The molecule has 1 heterocycles. The largest absolute Gasteiger partial charge is 0.326 e. The second kappa shape index (κ2) is 7.38. The molecule has 0 radical (unpaired) electrons. The lowest BCUT2D eigenvalue weighted by Crippen LogP contribution is -2.28. The number of carbonyl (C=O) groups excluding carboxylic acids is 2. The first kappa shape index (κ1) is 17.0. The number of anilines is 1. The van der Waals surface area contributed by atoms with Gasteiger partial charge in [-0.1, -0.05) is 36.7 Å². The van der Waals surface area contributed by atoms with Gasteiger partial charge in [-0.3, -0.25) is 14.6 Å². The molecule has 1 saturated carbocycles. The van der Waals surface area contributed by atoms with Crippen LogP contribution in [0.2, 0.25) is 0 Å². The summed E-state index contributed by atoms with van der Waals surface area (Å²) in [6.45, 7) is 3.94. The number of aliphatic imine (C=N–C) groups is 1. The zero-order valence-electron chi connectivity index (χ0n) is 14.1. The third-order valence-corrected chi connectivity index (χ3v) is 5.53. The van der Waals surface area contributed by atoms with Crippen molar-refractivity contribution in [3.8, 4) is 0 Å². The number of nitrogens with one attached hydrogen (secondary N) is 2. The van der Waals surface area contributed by atoms with Gasteiger partial charge in [-0.25, -0.2) is 0 Å². The van der Waals surface area contributed by atoms with Crippen LogP contribution in [0.1, 0.15) is 43.2 Å². The first-order valence-electron chi connectivity index (χ1n) is 8.43. The molecule has 1 aliphatic carbocycles. The van der Waals surface area contributed by atoms with Crippen molar-refractivity contribution in [2.45, 2.75) is 57.2 Å². The molecule has 1 saturated heterocycles. The van der Waals surface area contributed by atoms with Crippen LogP contribution in [-0.4, -0.2) is 28.3 Å². The van der Waals surface area contributed by atoms with Crippen LogP contribution in [0.5, 0.6) is 0 Å². The summed E-state index contributed by atoms with van der Waals surface area (Å²) < 4.78 is 0. The van der Waals surface area contributed by atoms with Crippen LogP contribution in [0.15, 0.2) is 23.2 Å². The fraction of sp³-hybridized carbons (Fsp3) is 0.500. The molecule has 5 nitrogen and oxygen atoms in total. The number of carbonyl (C=O) groups is 2. The monoisotopic (exact) mass is 345 g/mol. The van der Waals surface area contributed by atoms with Crippen molar-refractivity contribution >= 4 is 34.4 Å². The molecule has 1 aromatic carbocycles. The minimum atomic E-state index is -0.393. The number of benzene rings is 1. The van der Waals surface area contributed by atoms with Crippen LogP contribution in [0.4, 0.5) is 5.69 Å². The molecule has 2 aliphatic rings. The molecule has 1 aliphatic heterocycles. The molecular weight excluding hydrogens is 322 g/mol. The Balaban J connectivity index is 1.58. The van der Waals surface area contributed by atoms with E-state index in [4.69, 9.17) is 0 Å². The molecular formula is C18H23N3O2S. The van der Waals surface area contributed by atoms with Gasteiger partial charge in [-0.05, 0) is 43.9 Å². The number of aryl methyl sites for hydroxylation is 2. The number of rotatable bonds is 4. The summed E-state index contributed by atoms with van der Waals surface area (Å²) in [5.74, 6) is -0.258. The van der Waals surface area contributed by atoms with Crippen LogP contribution in [-0.2, 0) is 9.59 Å². The molecule has 2 amide bonds. The van der Waals surface area contributed by atoms with Gasteiger partial charge >= 0.3 is 0 Å². The standard InChI is InChI=1S/C18H23N3O2S/c1-11-7-8-12(2)14(9-11)20-16(22)10-15-17(23)21-18(24-15)19-13-5-3-4-6-13/h7-9,13,15H,3-6,10H2,1-2H3,(H,20,22)(H,19,21,23). The third-order valence-electron chi connectivity index (χ3n) is 4.44. The number of amidine groups is 1. The summed E-state index contributed by atoms with van der Waals surface area (Å²) in [6, 6.07) is 6.27. The highest BCUT2D eigenvalue weighted by Crippen LogP contribution is 2.27. The van der Waals surface area contributed by atoms with E-state index in [9.17, 15) is 9.59 Å². The van der Waals surface area contributed by atoms with Crippen LogP contribution in [0.3, 0.4) is 0 Å². The second-order valence-corrected chi connectivity index (χ2v) is 7.73. The molecule has 1 unspecified atom stereocenters. The van der Waals surface area contributed by atoms with Gasteiger partial charge in [0.1, 0.15) is 5.25 Å². The Morgan fingerprint density at radius 2 is 2.08 bits per heavy atom. The minimum Gasteiger partial charge on any atom is -0.326 e. The third kappa shape index (κ3) is 4.17. The van der Waals surface area contributed by atoms with Gasteiger partial charge in [0.25, 0.3) is 0 Å². The maximum Gasteiger partial charge on any atom is 0.240 e. The summed E-state index contributed by atoms with van der Waals surface area (Å²) in [6.07, 6.45) is 4.77. The summed E-state index contributed by atoms with van der Waals surface area (Å²) in [7, 11) is 0. The van der Waals surface area contributed by atoms with Gasteiger partial charge in [0.2, 0.25) is 11.8 Å². The molecule has 6 heteroatoms. The zero-order valence-corrected chi connectivity index (χ0v) is 14.9. The maximum atomic E-state index is 12.3. The Hall–Kier alpha value is -1.82. The SMILES string of the molecule is Cc1ccc(C)c(NC(=O)CC2SC(=NC3CCCC3)NC2=O)c1. The summed E-state index contributed by atoms with van der Waals surface area (Å²) in [5, 5.41) is 6.01. The molecule has 3 rings (SSSR count). The van der Waals surface area contributed by atoms with Gasteiger partial charge in [0.05, 0.1) is 6.04 Å². The quantitative estimate of drug-likeness (QED) is 0.880. The van der Waals surface area contributed by atoms with Gasteiger partial charge in [-0.2, -0.15) is 0 Å². The highest BCUT2D eigenvalue weighted by atomic mass is 32.2. The van der Waals surface area contributed by atoms with Gasteiger partial charge < -0.3 is 10.6 Å². The predicted molar refractivity (Wildman–Crippen MR) is 98.4 cm³/mol. The molecule has 128 valence electrons. The van der Waals surface area contributed by atoms with E-state index in [2.05, 4.69) is 15.6 Å². The van der Waals surface area contributed by atoms with Crippen LogP contribution in [0.25, 0.3) is 0 Å². The number of nitrogens with zero attached hydrogens (tertiary/aromatic N) is 1. The summed E-state index contributed by atoms with van der Waals surface area (Å²) in [5.41, 5.74) is 2.92. The fourth-order valence-electron chi connectivity index (χ4n) is 3.04. The lowest BCUT2D eigenvalue weighted by molar-refractivity contribution is -0.122. The fourth-order valence-corrected chi connectivity index (χ4v) is 4.08. The van der Waals surface area contributed by atoms with Crippen molar-refractivity contribution < 1.29 is 9.59 Å². The van der Waals surface area contributed by atoms with E-state index in [1.54, 1.807) is 0 Å². The van der Waals surface area contributed by atoms with Crippen molar-refractivity contribution in [3.05, 3.63) is 29.3 Å². The van der Waals surface area contributed by atoms with E-state index in [1.807, 2.05) is 32.0 Å². The first-order valence-corrected chi connectivity index (χ1v) is 9.31. The van der Waals surface area contributed by atoms with Gasteiger partial charge in [0.15, 0.2) is 5.17 Å². The number of thioether (sulfide) groups is 1. The predicted octanol–water partition coefficient (Wildman–Crippen LogP) is 3.16. The average Bonchev–Trinajstić information content (AvgIpc) is 3.14. The van der Waals surface area contributed by atoms with Crippen molar-refractivity contribution in [3.63, 3.8) is 0 Å². The smallest absolute Gasteiger partial charge is 0.240 e. The van der Waals surface area contributed by atoms with E-state index < -0.39 is 5.25 Å². The minimum absolute atomic E-state index is 0.118. The van der Waals surface area contributed by atoms with Crippen molar-refractivity contribution in [2.75, 3.05) is 5.32 Å². The molecule has 0 aromatic heterocycles. The molecule has 0 bridgehead atoms. The second-order valence-electron chi connectivity index (χ2n) is 6.54. The topological polar surface area (TPSA) is 70.6 Å². The van der Waals surface area contributed by atoms with E-state index in [-0.39, 0.29) is 18.2 Å². The first-order chi connectivity index (χ1) is 11.5. The number of hydrogen-bond acceptors (Lipinski definition) is 4. The lowest BCUT2D eigenvalue weighted by atomic mass is 10.1. The van der Waals surface area contributed by atoms with Crippen molar-refractivity contribution in [1.82, 2.24) is 5.32 Å². The average molecular weight is 345 g/mol. The normalized spacial score (nSPS) is 22.8. The highest BCUT2D eigenvalue weighted by molar-refractivity contribution is 8.15. The Labute approximate surface area is 146 Å². The van der Waals surface area contributed by atoms with Crippen LogP contribution >= 0.6 is 11.8 Å². The molecule has 0 spiro atoms. The van der Waals surface area contributed by atoms with Crippen molar-refractivity contribution in [2.24, 2.45) is 4.99 Å². The summed E-state index contributed by atoms with van der Waals surface area (Å²) >= 11 is 1.38. The molecule has 2 fully saturated rings. The number of amides is 2. The van der Waals surface area contributed by atoms with Crippen LogP contribution in [0, 0.1) is 13.8 Å². The Kier molecular flexibility index (Phi) is 5.23. The maximum absolute atomic E-state index is 12.3. The van der Waals surface area contributed by atoms with E-state index >= 15 is 0 Å². The molecule has 24 heavy (non-hydrogen) atoms. The number of hydrogen-bond donors (Lipinski definition) is 2. The van der Waals surface area contributed by atoms with Crippen molar-refractivity contribution in [1.29, 1.82) is 0 Å². The van der Waals surface area contributed by atoms with Gasteiger partial charge in [0, 0.05) is 12.1 Å². The summed E-state index contributed by atoms with van der Waals surface area (Å²) in [4.78, 5) is 29.0. The van der Waals surface area contributed by atoms with E-state index in [0.717, 1.165) is 29.7 Å². The molecule has 2 N–H and O–H groups in total. The highest BCUT2D eigenvalue weighted by Gasteiger charge is 2.32.